The van der Waals surface area contributed by atoms with Gasteiger partial charge in [0.25, 0.3) is 0 Å². The van der Waals surface area contributed by atoms with Gasteiger partial charge in [-0.15, -0.1) is 0 Å². The maximum Gasteiger partial charge on any atom is 0.372 e. The number of carboxylic acids is 1. The minimum Gasteiger partial charge on any atom is -0.475 e. The molecule has 0 bridgehead atoms. The first-order valence-corrected chi connectivity index (χ1v) is 12.3. The predicted molar refractivity (Wildman–Crippen MR) is 137 cm³/mol. The van der Waals surface area contributed by atoms with Gasteiger partial charge in [0.05, 0.1) is 11.6 Å². The van der Waals surface area contributed by atoms with Crippen molar-refractivity contribution in [3.05, 3.63) is 65.0 Å². The van der Waals surface area contributed by atoms with E-state index in [4.69, 9.17) is 4.42 Å². The summed E-state index contributed by atoms with van der Waals surface area (Å²) in [5, 5.41) is 20.7. The molecule has 0 saturated carbocycles. The van der Waals surface area contributed by atoms with Crippen molar-refractivity contribution in [1.82, 2.24) is 9.88 Å². The summed E-state index contributed by atoms with van der Waals surface area (Å²) in [4.78, 5) is 19.7. The number of fused-ring (bicyclic) bond motifs is 2. The number of aryl methyl sites for hydroxylation is 2. The molecule has 2 aromatic carbocycles. The SMILES string of the molecule is CCc1c(C(=O)O)oc2ccc(N3CCN(CCCCc4c[nH]c5ccc(C#N)cc45)CC3)cc12. The highest BCUT2D eigenvalue weighted by molar-refractivity contribution is 5.96. The van der Waals surface area contributed by atoms with Crippen LogP contribution in [0.25, 0.3) is 21.9 Å². The van der Waals surface area contributed by atoms with Gasteiger partial charge in [0.15, 0.2) is 0 Å². The van der Waals surface area contributed by atoms with E-state index in [2.05, 4.69) is 33.1 Å². The first-order chi connectivity index (χ1) is 17.1. The minimum atomic E-state index is -1.01. The van der Waals surface area contributed by atoms with Gasteiger partial charge in [-0.05, 0) is 74.2 Å². The van der Waals surface area contributed by atoms with Crippen LogP contribution in [0.5, 0.6) is 0 Å². The minimum absolute atomic E-state index is 0.0580. The lowest BCUT2D eigenvalue weighted by Crippen LogP contribution is -2.46. The van der Waals surface area contributed by atoms with Crippen LogP contribution in [0, 0.1) is 11.3 Å². The van der Waals surface area contributed by atoms with Crippen LogP contribution < -0.4 is 4.90 Å². The lowest BCUT2D eigenvalue weighted by Gasteiger charge is -2.36. The number of aromatic amines is 1. The molecule has 2 N–H and O–H groups in total. The van der Waals surface area contributed by atoms with Crippen LogP contribution in [0.15, 0.2) is 47.0 Å². The summed E-state index contributed by atoms with van der Waals surface area (Å²) >= 11 is 0. The van der Waals surface area contributed by atoms with Crippen LogP contribution in [0.3, 0.4) is 0 Å². The average molecular weight is 471 g/mol. The highest BCUT2D eigenvalue weighted by atomic mass is 16.4. The number of furan rings is 1. The molecule has 0 aliphatic carbocycles. The Balaban J connectivity index is 1.14. The fraction of sp³-hybridized carbons (Fsp3) is 0.357. The third-order valence-electron chi connectivity index (χ3n) is 7.13. The number of hydrogen-bond donors (Lipinski definition) is 2. The molecule has 0 amide bonds. The van der Waals surface area contributed by atoms with Gasteiger partial charge >= 0.3 is 5.97 Å². The van der Waals surface area contributed by atoms with Gasteiger partial charge in [-0.25, -0.2) is 4.79 Å². The smallest absolute Gasteiger partial charge is 0.372 e. The normalized spacial score (nSPS) is 14.6. The van der Waals surface area contributed by atoms with Gasteiger partial charge in [-0.2, -0.15) is 5.26 Å². The monoisotopic (exact) mass is 470 g/mol. The number of aromatic nitrogens is 1. The quantitative estimate of drug-likeness (QED) is 0.344. The summed E-state index contributed by atoms with van der Waals surface area (Å²) in [6.45, 7) is 6.99. The summed E-state index contributed by atoms with van der Waals surface area (Å²) in [5.74, 6) is -0.951. The van der Waals surface area contributed by atoms with Crippen molar-refractivity contribution in [3.63, 3.8) is 0 Å². The van der Waals surface area contributed by atoms with Gasteiger partial charge < -0.3 is 19.4 Å². The molecule has 1 aliphatic heterocycles. The van der Waals surface area contributed by atoms with Crippen LogP contribution in [-0.4, -0.2) is 53.7 Å². The Morgan fingerprint density at radius 2 is 1.94 bits per heavy atom. The summed E-state index contributed by atoms with van der Waals surface area (Å²) in [5.41, 5.74) is 5.62. The number of carboxylic acid groups (broad SMARTS) is 1. The first kappa shape index (κ1) is 23.0. The van der Waals surface area contributed by atoms with E-state index in [0.29, 0.717) is 17.6 Å². The molecule has 0 radical (unpaired) electrons. The Labute approximate surface area is 204 Å². The van der Waals surface area contributed by atoms with Crippen molar-refractivity contribution in [1.29, 1.82) is 5.26 Å². The molecule has 1 fully saturated rings. The Bertz CT molecular complexity index is 1400. The molecular weight excluding hydrogens is 440 g/mol. The van der Waals surface area contributed by atoms with E-state index in [-0.39, 0.29) is 5.76 Å². The second-order valence-electron chi connectivity index (χ2n) is 9.22. The molecule has 7 nitrogen and oxygen atoms in total. The summed E-state index contributed by atoms with van der Waals surface area (Å²) in [6, 6.07) is 14.1. The van der Waals surface area contributed by atoms with E-state index < -0.39 is 5.97 Å². The fourth-order valence-corrected chi connectivity index (χ4v) is 5.19. The van der Waals surface area contributed by atoms with Crippen LogP contribution in [-0.2, 0) is 12.8 Å². The number of H-pyrrole nitrogens is 1. The number of benzene rings is 2. The standard InChI is InChI=1S/C28H30N4O3/c1-2-22-24-16-21(7-9-26(24)35-27(22)28(33)34)32-13-11-31(12-14-32)10-4-3-5-20-18-30-25-8-6-19(17-29)15-23(20)25/h6-9,15-16,18,30H,2-5,10-14H2,1H3,(H,33,34). The van der Waals surface area contributed by atoms with Gasteiger partial charge in [0.2, 0.25) is 5.76 Å². The van der Waals surface area contributed by atoms with E-state index >= 15 is 0 Å². The van der Waals surface area contributed by atoms with Crippen LogP contribution in [0.4, 0.5) is 5.69 Å². The number of anilines is 1. The molecule has 1 aliphatic rings. The van der Waals surface area contributed by atoms with Crippen molar-refractivity contribution >= 4 is 33.5 Å². The Hall–Kier alpha value is -3.76. The van der Waals surface area contributed by atoms with Crippen LogP contribution in [0.1, 0.15) is 47.0 Å². The van der Waals surface area contributed by atoms with E-state index in [9.17, 15) is 15.2 Å². The highest BCUT2D eigenvalue weighted by Gasteiger charge is 2.21. The summed E-state index contributed by atoms with van der Waals surface area (Å²) in [6.07, 6.45) is 5.97. The number of unbranched alkanes of at least 4 members (excludes halogenated alkanes) is 1. The number of carbonyl (C=O) groups is 1. The second-order valence-corrected chi connectivity index (χ2v) is 9.22. The summed E-state index contributed by atoms with van der Waals surface area (Å²) < 4.78 is 5.59. The molecule has 0 atom stereocenters. The topological polar surface area (TPSA) is 96.5 Å². The molecule has 5 rings (SSSR count). The molecule has 4 aromatic rings. The number of piperazine rings is 1. The molecule has 7 heteroatoms. The molecule has 1 saturated heterocycles. The fourth-order valence-electron chi connectivity index (χ4n) is 5.19. The van der Waals surface area contributed by atoms with Gasteiger partial charge in [-0.1, -0.05) is 6.92 Å². The molecule has 180 valence electrons. The maximum absolute atomic E-state index is 11.5. The van der Waals surface area contributed by atoms with E-state index in [0.717, 1.165) is 79.5 Å². The first-order valence-electron chi connectivity index (χ1n) is 12.3. The van der Waals surface area contributed by atoms with Crippen molar-refractivity contribution < 1.29 is 14.3 Å². The number of nitriles is 1. The predicted octanol–water partition coefficient (Wildman–Crippen LogP) is 5.19. The second kappa shape index (κ2) is 9.85. The maximum atomic E-state index is 11.5. The Morgan fingerprint density at radius 3 is 2.69 bits per heavy atom. The third-order valence-corrected chi connectivity index (χ3v) is 7.13. The average Bonchev–Trinajstić information content (AvgIpc) is 3.47. The number of rotatable bonds is 8. The van der Waals surface area contributed by atoms with Gasteiger partial charge in [0.1, 0.15) is 5.58 Å². The molecule has 3 heterocycles. The zero-order valence-corrected chi connectivity index (χ0v) is 20.0. The van der Waals surface area contributed by atoms with Gasteiger partial charge in [-0.3, -0.25) is 4.90 Å². The van der Waals surface area contributed by atoms with Crippen molar-refractivity contribution in [2.45, 2.75) is 32.6 Å². The third kappa shape index (κ3) is 4.62. The zero-order valence-electron chi connectivity index (χ0n) is 20.0. The zero-order chi connectivity index (χ0) is 24.4. The van der Waals surface area contributed by atoms with E-state index in [1.807, 2.05) is 37.3 Å². The van der Waals surface area contributed by atoms with Crippen molar-refractivity contribution in [2.75, 3.05) is 37.6 Å². The number of nitrogens with zero attached hydrogens (tertiary/aromatic N) is 3. The molecule has 0 unspecified atom stereocenters. The van der Waals surface area contributed by atoms with Crippen LogP contribution in [0.2, 0.25) is 0 Å². The molecule has 0 spiro atoms. The largest absolute Gasteiger partial charge is 0.475 e. The summed E-state index contributed by atoms with van der Waals surface area (Å²) in [7, 11) is 0. The number of hydrogen-bond acceptors (Lipinski definition) is 5. The molecular formula is C28H30N4O3. The van der Waals surface area contributed by atoms with Gasteiger partial charge in [0, 0.05) is 59.9 Å². The number of aromatic carboxylic acids is 1. The molecule has 2 aromatic heterocycles. The Morgan fingerprint density at radius 1 is 1.11 bits per heavy atom. The van der Waals surface area contributed by atoms with Crippen molar-refractivity contribution in [2.24, 2.45) is 0 Å². The lowest BCUT2D eigenvalue weighted by molar-refractivity contribution is 0.0663. The molecule has 35 heavy (non-hydrogen) atoms. The van der Waals surface area contributed by atoms with E-state index in [1.165, 1.54) is 5.56 Å². The Kier molecular flexibility index (Phi) is 6.47. The lowest BCUT2D eigenvalue weighted by atomic mass is 10.0. The number of nitrogens with one attached hydrogen (secondary N) is 1. The van der Waals surface area contributed by atoms with Crippen LogP contribution >= 0.6 is 0 Å². The van der Waals surface area contributed by atoms with Crippen molar-refractivity contribution in [3.8, 4) is 6.07 Å². The highest BCUT2D eigenvalue weighted by Crippen LogP contribution is 2.31. The van der Waals surface area contributed by atoms with E-state index in [1.54, 1.807) is 0 Å².